The van der Waals surface area contributed by atoms with E-state index >= 15 is 0 Å². The molecule has 1 amide bonds. The molecule has 1 heterocycles. The number of fused-ring (bicyclic) bond motifs is 1. The van der Waals surface area contributed by atoms with Crippen LogP contribution in [0.2, 0.25) is 0 Å². The molecule has 88 valence electrons. The highest BCUT2D eigenvalue weighted by Crippen LogP contribution is 2.18. The fourth-order valence-electron chi connectivity index (χ4n) is 1.68. The summed E-state index contributed by atoms with van der Waals surface area (Å²) in [6.45, 7) is 1.56. The zero-order valence-electron chi connectivity index (χ0n) is 9.28. The first-order chi connectivity index (χ1) is 8.08. The van der Waals surface area contributed by atoms with E-state index in [4.69, 9.17) is 5.11 Å². The van der Waals surface area contributed by atoms with Gasteiger partial charge in [-0.05, 0) is 18.6 Å². The largest absolute Gasteiger partial charge is 0.480 e. The first-order valence-corrected chi connectivity index (χ1v) is 5.16. The predicted octanol–water partition coefficient (Wildman–Crippen LogP) is 1.29. The molecule has 0 fully saturated rings. The van der Waals surface area contributed by atoms with Crippen LogP contribution in [-0.4, -0.2) is 28.5 Å². The quantitative estimate of drug-likeness (QED) is 0.745. The third kappa shape index (κ3) is 2.28. The van der Waals surface area contributed by atoms with Crippen molar-refractivity contribution < 1.29 is 14.7 Å². The smallest absolute Gasteiger partial charge is 0.322 e. The molecule has 0 atom stereocenters. The highest BCUT2D eigenvalue weighted by atomic mass is 16.4. The molecule has 0 aliphatic heterocycles. The van der Waals surface area contributed by atoms with Gasteiger partial charge in [0.25, 0.3) is 5.91 Å². The van der Waals surface area contributed by atoms with Gasteiger partial charge in [-0.2, -0.15) is 0 Å². The van der Waals surface area contributed by atoms with Crippen LogP contribution in [0.5, 0.6) is 0 Å². The van der Waals surface area contributed by atoms with Crippen molar-refractivity contribution in [2.75, 3.05) is 6.54 Å². The van der Waals surface area contributed by atoms with E-state index in [2.05, 4.69) is 10.3 Å². The first-order valence-electron chi connectivity index (χ1n) is 5.16. The van der Waals surface area contributed by atoms with Crippen LogP contribution < -0.4 is 5.32 Å². The van der Waals surface area contributed by atoms with E-state index < -0.39 is 11.9 Å². The summed E-state index contributed by atoms with van der Waals surface area (Å²) in [5, 5.41) is 11.7. The fraction of sp³-hybridized carbons (Fsp3) is 0.167. The van der Waals surface area contributed by atoms with Crippen molar-refractivity contribution in [2.45, 2.75) is 6.92 Å². The maximum atomic E-state index is 11.6. The number of hydrogen-bond donors (Lipinski definition) is 3. The highest BCUT2D eigenvalue weighted by Gasteiger charge is 2.10. The van der Waals surface area contributed by atoms with E-state index in [0.717, 1.165) is 16.5 Å². The number of carbonyl (C=O) groups excluding carboxylic acids is 1. The molecule has 0 saturated carbocycles. The molecule has 5 nitrogen and oxygen atoms in total. The number of aromatic amines is 1. The van der Waals surface area contributed by atoms with Gasteiger partial charge >= 0.3 is 5.97 Å². The van der Waals surface area contributed by atoms with E-state index in [1.54, 1.807) is 6.07 Å². The number of para-hydroxylation sites is 1. The van der Waals surface area contributed by atoms with Crippen LogP contribution in [0, 0.1) is 6.92 Å². The molecule has 0 unspecified atom stereocenters. The number of aromatic nitrogens is 1. The number of benzene rings is 1. The van der Waals surface area contributed by atoms with Gasteiger partial charge in [0.15, 0.2) is 0 Å². The summed E-state index contributed by atoms with van der Waals surface area (Å²) < 4.78 is 0. The molecule has 1 aromatic heterocycles. The van der Waals surface area contributed by atoms with Crippen molar-refractivity contribution in [3.8, 4) is 0 Å². The predicted molar refractivity (Wildman–Crippen MR) is 63.0 cm³/mol. The number of aryl methyl sites for hydroxylation is 1. The molecule has 0 aliphatic carbocycles. The van der Waals surface area contributed by atoms with E-state index in [0.29, 0.717) is 5.69 Å². The number of hydrogen-bond acceptors (Lipinski definition) is 2. The second kappa shape index (κ2) is 4.29. The zero-order chi connectivity index (χ0) is 12.4. The summed E-state index contributed by atoms with van der Waals surface area (Å²) in [5.41, 5.74) is 2.31. The maximum Gasteiger partial charge on any atom is 0.322 e. The van der Waals surface area contributed by atoms with E-state index in [1.165, 1.54) is 0 Å². The number of nitrogens with one attached hydrogen (secondary N) is 2. The Morgan fingerprint density at radius 1 is 1.41 bits per heavy atom. The molecule has 2 rings (SSSR count). The highest BCUT2D eigenvalue weighted by molar-refractivity contribution is 5.99. The molecule has 5 heteroatoms. The fourth-order valence-corrected chi connectivity index (χ4v) is 1.68. The summed E-state index contributed by atoms with van der Waals surface area (Å²) >= 11 is 0. The van der Waals surface area contributed by atoms with Crippen LogP contribution >= 0.6 is 0 Å². The Bertz CT molecular complexity index is 586. The average Bonchev–Trinajstić information content (AvgIpc) is 2.71. The standard InChI is InChI=1S/C12H12N2O3/c1-7-3-2-4-8-5-9(14-11(7)8)12(17)13-6-10(15)16/h2-5,14H,6H2,1H3,(H,13,17)(H,15,16). The summed E-state index contributed by atoms with van der Waals surface area (Å²) in [6.07, 6.45) is 0. The van der Waals surface area contributed by atoms with Gasteiger partial charge in [-0.3, -0.25) is 9.59 Å². The van der Waals surface area contributed by atoms with Gasteiger partial charge in [0.05, 0.1) is 0 Å². The number of carbonyl (C=O) groups is 2. The lowest BCUT2D eigenvalue weighted by molar-refractivity contribution is -0.135. The molecule has 0 saturated heterocycles. The SMILES string of the molecule is Cc1cccc2cc(C(=O)NCC(=O)O)[nH]c12. The third-order valence-corrected chi connectivity index (χ3v) is 2.51. The van der Waals surface area contributed by atoms with Crippen LogP contribution in [-0.2, 0) is 4.79 Å². The second-order valence-corrected chi connectivity index (χ2v) is 3.80. The van der Waals surface area contributed by atoms with Crippen molar-refractivity contribution in [3.05, 3.63) is 35.5 Å². The number of carboxylic acids is 1. The Morgan fingerprint density at radius 3 is 2.82 bits per heavy atom. The van der Waals surface area contributed by atoms with Crippen LogP contribution in [0.25, 0.3) is 10.9 Å². The molecule has 0 aliphatic rings. The van der Waals surface area contributed by atoms with Crippen molar-refractivity contribution in [2.24, 2.45) is 0 Å². The lowest BCUT2D eigenvalue weighted by Gasteiger charge is -1.98. The van der Waals surface area contributed by atoms with E-state index in [1.807, 2.05) is 25.1 Å². The summed E-state index contributed by atoms with van der Waals surface area (Å²) in [6, 6.07) is 7.45. The van der Waals surface area contributed by atoms with Gasteiger partial charge in [0.1, 0.15) is 12.2 Å². The summed E-state index contributed by atoms with van der Waals surface area (Å²) in [7, 11) is 0. The number of amides is 1. The van der Waals surface area contributed by atoms with Gasteiger partial charge in [-0.25, -0.2) is 0 Å². The summed E-state index contributed by atoms with van der Waals surface area (Å²) in [4.78, 5) is 24.9. The Balaban J connectivity index is 2.27. The van der Waals surface area contributed by atoms with Gasteiger partial charge in [-0.1, -0.05) is 18.2 Å². The van der Waals surface area contributed by atoms with E-state index in [9.17, 15) is 9.59 Å². The number of carboxylic acid groups (broad SMARTS) is 1. The van der Waals surface area contributed by atoms with Gasteiger partial charge < -0.3 is 15.4 Å². The minimum atomic E-state index is -1.06. The molecule has 0 bridgehead atoms. The first kappa shape index (κ1) is 11.2. The Kier molecular flexibility index (Phi) is 2.82. The molecule has 3 N–H and O–H groups in total. The number of rotatable bonds is 3. The lowest BCUT2D eigenvalue weighted by atomic mass is 10.2. The number of H-pyrrole nitrogens is 1. The average molecular weight is 232 g/mol. The molecule has 0 radical (unpaired) electrons. The zero-order valence-corrected chi connectivity index (χ0v) is 9.28. The van der Waals surface area contributed by atoms with Crippen LogP contribution in [0.15, 0.2) is 24.3 Å². The molecular weight excluding hydrogens is 220 g/mol. The van der Waals surface area contributed by atoms with Crippen LogP contribution in [0.4, 0.5) is 0 Å². The molecule has 17 heavy (non-hydrogen) atoms. The normalized spacial score (nSPS) is 10.4. The van der Waals surface area contributed by atoms with Crippen molar-refractivity contribution in [1.82, 2.24) is 10.3 Å². The Hall–Kier alpha value is -2.30. The minimum Gasteiger partial charge on any atom is -0.480 e. The molecule has 2 aromatic rings. The van der Waals surface area contributed by atoms with Crippen molar-refractivity contribution in [3.63, 3.8) is 0 Å². The number of aliphatic carboxylic acids is 1. The monoisotopic (exact) mass is 232 g/mol. The van der Waals surface area contributed by atoms with Crippen LogP contribution in [0.3, 0.4) is 0 Å². The van der Waals surface area contributed by atoms with Crippen LogP contribution in [0.1, 0.15) is 16.1 Å². The van der Waals surface area contributed by atoms with Gasteiger partial charge in [0, 0.05) is 10.9 Å². The topological polar surface area (TPSA) is 82.2 Å². The van der Waals surface area contributed by atoms with Crippen molar-refractivity contribution >= 4 is 22.8 Å². The van der Waals surface area contributed by atoms with Gasteiger partial charge in [0.2, 0.25) is 0 Å². The van der Waals surface area contributed by atoms with Gasteiger partial charge in [-0.15, -0.1) is 0 Å². The maximum absolute atomic E-state index is 11.6. The Labute approximate surface area is 97.4 Å². The molecular formula is C12H12N2O3. The second-order valence-electron chi connectivity index (χ2n) is 3.80. The third-order valence-electron chi connectivity index (χ3n) is 2.51. The lowest BCUT2D eigenvalue weighted by Crippen LogP contribution is -2.29. The summed E-state index contributed by atoms with van der Waals surface area (Å²) in [5.74, 6) is -1.48. The minimum absolute atomic E-state index is 0.371. The molecule has 1 aromatic carbocycles. The Morgan fingerprint density at radius 2 is 2.18 bits per heavy atom. The van der Waals surface area contributed by atoms with E-state index in [-0.39, 0.29) is 6.54 Å². The van der Waals surface area contributed by atoms with Crippen molar-refractivity contribution in [1.29, 1.82) is 0 Å². The molecule has 0 spiro atoms.